The molecule has 0 saturated carbocycles. The van der Waals surface area contributed by atoms with Crippen molar-refractivity contribution in [3.05, 3.63) is 60.8 Å². The first-order valence-corrected chi connectivity index (χ1v) is 6.67. The van der Waals surface area contributed by atoms with E-state index in [0.717, 1.165) is 28.1 Å². The number of imidazole rings is 1. The van der Waals surface area contributed by atoms with Crippen LogP contribution in [0.3, 0.4) is 0 Å². The van der Waals surface area contributed by atoms with Crippen molar-refractivity contribution in [2.45, 2.75) is 0 Å². The summed E-state index contributed by atoms with van der Waals surface area (Å²) < 4.78 is 1.71. The molecule has 0 amide bonds. The molecule has 2 aromatic carbocycles. The van der Waals surface area contributed by atoms with Crippen LogP contribution in [0.15, 0.2) is 60.8 Å². The Bertz CT molecular complexity index is 872. The maximum atomic E-state index is 6.23. The molecule has 102 valence electrons. The van der Waals surface area contributed by atoms with Crippen LogP contribution in [0.2, 0.25) is 0 Å². The van der Waals surface area contributed by atoms with Gasteiger partial charge in [0, 0.05) is 0 Å². The van der Waals surface area contributed by atoms with E-state index in [4.69, 9.17) is 5.73 Å². The third-order valence-corrected chi connectivity index (χ3v) is 3.45. The van der Waals surface area contributed by atoms with Crippen molar-refractivity contribution in [1.82, 2.24) is 19.7 Å². The Morgan fingerprint density at radius 1 is 0.952 bits per heavy atom. The van der Waals surface area contributed by atoms with E-state index in [1.807, 2.05) is 54.6 Å². The number of benzene rings is 2. The van der Waals surface area contributed by atoms with Crippen LogP contribution in [0, 0.1) is 0 Å². The molecule has 0 aliphatic heterocycles. The third kappa shape index (κ3) is 1.87. The lowest BCUT2D eigenvalue weighted by atomic mass is 10.3. The van der Waals surface area contributed by atoms with Gasteiger partial charge in [-0.25, -0.2) is 9.67 Å². The highest BCUT2D eigenvalue weighted by molar-refractivity contribution is 5.81. The zero-order chi connectivity index (χ0) is 14.2. The van der Waals surface area contributed by atoms with Crippen molar-refractivity contribution in [3.8, 4) is 17.1 Å². The van der Waals surface area contributed by atoms with Crippen molar-refractivity contribution in [1.29, 1.82) is 0 Å². The average Bonchev–Trinajstić information content (AvgIpc) is 3.11. The van der Waals surface area contributed by atoms with Crippen LogP contribution >= 0.6 is 0 Å². The normalized spacial score (nSPS) is 11.0. The molecular weight excluding hydrogens is 262 g/mol. The molecule has 0 aliphatic carbocycles. The van der Waals surface area contributed by atoms with Crippen molar-refractivity contribution in [3.63, 3.8) is 0 Å². The molecule has 2 heterocycles. The van der Waals surface area contributed by atoms with E-state index in [2.05, 4.69) is 15.1 Å². The van der Waals surface area contributed by atoms with Gasteiger partial charge in [-0.3, -0.25) is 0 Å². The number of para-hydroxylation sites is 3. The zero-order valence-corrected chi connectivity index (χ0v) is 11.2. The minimum Gasteiger partial charge on any atom is -0.383 e. The molecule has 0 radical (unpaired) electrons. The Labute approximate surface area is 121 Å². The van der Waals surface area contributed by atoms with Crippen molar-refractivity contribution >= 4 is 16.9 Å². The van der Waals surface area contributed by atoms with Crippen molar-refractivity contribution in [2.75, 3.05) is 5.73 Å². The number of nitrogens with zero attached hydrogens (tertiary/aromatic N) is 3. The second-order valence-corrected chi connectivity index (χ2v) is 4.79. The van der Waals surface area contributed by atoms with Gasteiger partial charge in [0.1, 0.15) is 11.6 Å². The topological polar surface area (TPSA) is 72.5 Å². The highest BCUT2D eigenvalue weighted by Crippen LogP contribution is 2.27. The molecule has 4 rings (SSSR count). The minimum atomic E-state index is 0.570. The molecule has 0 unspecified atom stereocenters. The summed E-state index contributed by atoms with van der Waals surface area (Å²) in [6.07, 6.45) is 1.74. The molecule has 0 fully saturated rings. The van der Waals surface area contributed by atoms with E-state index in [1.54, 1.807) is 10.9 Å². The Hall–Kier alpha value is -3.08. The molecular formula is C16H13N5. The number of aromatic nitrogens is 4. The fraction of sp³-hybridized carbons (Fsp3) is 0. The molecule has 0 atom stereocenters. The molecule has 0 spiro atoms. The van der Waals surface area contributed by atoms with Gasteiger partial charge in [-0.1, -0.05) is 30.3 Å². The fourth-order valence-electron chi connectivity index (χ4n) is 2.40. The Balaban J connectivity index is 1.85. The first-order valence-electron chi connectivity index (χ1n) is 6.67. The predicted octanol–water partition coefficient (Wildman–Crippen LogP) is 3.00. The second kappa shape index (κ2) is 4.49. The first-order chi connectivity index (χ1) is 10.3. The number of anilines is 1. The van der Waals surface area contributed by atoms with Gasteiger partial charge in [0.15, 0.2) is 0 Å². The Kier molecular flexibility index (Phi) is 2.50. The largest absolute Gasteiger partial charge is 0.383 e. The quantitative estimate of drug-likeness (QED) is 0.590. The summed E-state index contributed by atoms with van der Waals surface area (Å²) >= 11 is 0. The molecule has 0 bridgehead atoms. The number of aromatic amines is 1. The molecule has 3 N–H and O–H groups in total. The van der Waals surface area contributed by atoms with E-state index in [-0.39, 0.29) is 0 Å². The summed E-state index contributed by atoms with van der Waals surface area (Å²) in [5.41, 5.74) is 9.86. The second-order valence-electron chi connectivity index (χ2n) is 4.79. The van der Waals surface area contributed by atoms with Gasteiger partial charge < -0.3 is 10.7 Å². The highest BCUT2D eigenvalue weighted by Gasteiger charge is 2.14. The molecule has 5 heteroatoms. The van der Waals surface area contributed by atoms with Gasteiger partial charge in [0.05, 0.1) is 28.5 Å². The Morgan fingerprint density at radius 3 is 2.52 bits per heavy atom. The number of hydrogen-bond acceptors (Lipinski definition) is 3. The van der Waals surface area contributed by atoms with E-state index in [1.165, 1.54) is 0 Å². The van der Waals surface area contributed by atoms with Crippen molar-refractivity contribution in [2.24, 2.45) is 0 Å². The van der Waals surface area contributed by atoms with Crippen LogP contribution in [0.1, 0.15) is 0 Å². The summed E-state index contributed by atoms with van der Waals surface area (Å²) in [5.74, 6) is 1.30. The van der Waals surface area contributed by atoms with Gasteiger partial charge in [-0.15, -0.1) is 0 Å². The lowest BCUT2D eigenvalue weighted by molar-refractivity contribution is 0.891. The van der Waals surface area contributed by atoms with Crippen LogP contribution in [0.4, 0.5) is 5.82 Å². The number of rotatable bonds is 2. The summed E-state index contributed by atoms with van der Waals surface area (Å²) in [6, 6.07) is 17.7. The number of nitrogens with one attached hydrogen (secondary N) is 1. The summed E-state index contributed by atoms with van der Waals surface area (Å²) in [6.45, 7) is 0. The fourth-order valence-corrected chi connectivity index (χ4v) is 2.40. The zero-order valence-electron chi connectivity index (χ0n) is 11.2. The molecule has 5 nitrogen and oxygen atoms in total. The molecule has 0 saturated heterocycles. The number of hydrogen-bond donors (Lipinski definition) is 2. The van der Waals surface area contributed by atoms with Crippen LogP contribution in [-0.4, -0.2) is 19.7 Å². The first kappa shape index (κ1) is 11.7. The number of H-pyrrole nitrogens is 1. The van der Waals surface area contributed by atoms with E-state index in [0.29, 0.717) is 5.82 Å². The SMILES string of the molecule is Nc1c(-c2nc3ccccc3[nH]2)cnn1-c1ccccc1. The van der Waals surface area contributed by atoms with Gasteiger partial charge in [-0.05, 0) is 24.3 Å². The van der Waals surface area contributed by atoms with Gasteiger partial charge in [0.25, 0.3) is 0 Å². The lowest BCUT2D eigenvalue weighted by Crippen LogP contribution is -2.02. The monoisotopic (exact) mass is 275 g/mol. The standard InChI is InChI=1S/C16H13N5/c17-15-12(10-18-21(15)11-6-2-1-3-7-11)16-19-13-8-4-5-9-14(13)20-16/h1-10H,17H2,(H,19,20). The summed E-state index contributed by atoms with van der Waals surface area (Å²) in [4.78, 5) is 7.83. The number of nitrogens with two attached hydrogens (primary N) is 1. The highest BCUT2D eigenvalue weighted by atomic mass is 15.3. The third-order valence-electron chi connectivity index (χ3n) is 3.45. The minimum absolute atomic E-state index is 0.570. The van der Waals surface area contributed by atoms with Crippen LogP contribution < -0.4 is 5.73 Å². The van der Waals surface area contributed by atoms with Gasteiger partial charge in [-0.2, -0.15) is 5.10 Å². The van der Waals surface area contributed by atoms with Crippen molar-refractivity contribution < 1.29 is 0 Å². The maximum Gasteiger partial charge on any atom is 0.143 e. The molecule has 0 aliphatic rings. The molecule has 2 aromatic heterocycles. The summed E-state index contributed by atoms with van der Waals surface area (Å²) in [5, 5.41) is 4.36. The maximum absolute atomic E-state index is 6.23. The van der Waals surface area contributed by atoms with Crippen LogP contribution in [-0.2, 0) is 0 Å². The average molecular weight is 275 g/mol. The molecule has 21 heavy (non-hydrogen) atoms. The Morgan fingerprint density at radius 2 is 1.71 bits per heavy atom. The molecule has 4 aromatic rings. The van der Waals surface area contributed by atoms with E-state index in [9.17, 15) is 0 Å². The van der Waals surface area contributed by atoms with E-state index >= 15 is 0 Å². The van der Waals surface area contributed by atoms with Crippen LogP contribution in [0.25, 0.3) is 28.1 Å². The van der Waals surface area contributed by atoms with Gasteiger partial charge >= 0.3 is 0 Å². The van der Waals surface area contributed by atoms with Crippen LogP contribution in [0.5, 0.6) is 0 Å². The smallest absolute Gasteiger partial charge is 0.143 e. The predicted molar refractivity (Wildman–Crippen MR) is 83.1 cm³/mol. The number of nitrogen functional groups attached to an aromatic ring is 1. The number of fused-ring (bicyclic) bond motifs is 1. The lowest BCUT2D eigenvalue weighted by Gasteiger charge is -2.03. The van der Waals surface area contributed by atoms with E-state index < -0.39 is 0 Å². The summed E-state index contributed by atoms with van der Waals surface area (Å²) in [7, 11) is 0. The van der Waals surface area contributed by atoms with Gasteiger partial charge in [0.2, 0.25) is 0 Å².